The molecule has 7 nitrogen and oxygen atoms in total. The van der Waals surface area contributed by atoms with E-state index in [4.69, 9.17) is 4.98 Å². The number of hydrogen-bond acceptors (Lipinski definition) is 5. The van der Waals surface area contributed by atoms with E-state index in [0.29, 0.717) is 30.8 Å². The van der Waals surface area contributed by atoms with Crippen LogP contribution in [0, 0.1) is 0 Å². The van der Waals surface area contributed by atoms with Crippen LogP contribution in [0.25, 0.3) is 5.57 Å². The maximum absolute atomic E-state index is 12.5. The number of amides is 2. The minimum absolute atomic E-state index is 0.0519. The smallest absolute Gasteiger partial charge is 0.253 e. The number of piperazine rings is 1. The Morgan fingerprint density at radius 2 is 1.96 bits per heavy atom. The molecule has 3 rings (SSSR count). The highest BCUT2D eigenvalue weighted by molar-refractivity contribution is 6.20. The molecular weight excluding hydrogens is 342 g/mol. The van der Waals surface area contributed by atoms with Crippen molar-refractivity contribution >= 4 is 23.2 Å². The number of hydrogen-bond donors (Lipinski definition) is 1. The Morgan fingerprint density at radius 3 is 2.56 bits per heavy atom. The first-order valence-electron chi connectivity index (χ1n) is 9.38. The quantitative estimate of drug-likeness (QED) is 0.815. The summed E-state index contributed by atoms with van der Waals surface area (Å²) < 4.78 is 0. The predicted molar refractivity (Wildman–Crippen MR) is 105 cm³/mol. The molecule has 7 heteroatoms. The lowest BCUT2D eigenvalue weighted by Gasteiger charge is -2.44. The van der Waals surface area contributed by atoms with Crippen molar-refractivity contribution in [2.75, 3.05) is 18.0 Å². The number of carbonyl (C=O) groups excluding carboxylic acids is 2. The summed E-state index contributed by atoms with van der Waals surface area (Å²) in [6.45, 7) is 12.8. The van der Waals surface area contributed by atoms with Gasteiger partial charge in [0.1, 0.15) is 5.82 Å². The van der Waals surface area contributed by atoms with Gasteiger partial charge in [0, 0.05) is 37.6 Å². The first-order valence-corrected chi connectivity index (χ1v) is 9.38. The van der Waals surface area contributed by atoms with Crippen LogP contribution in [0.5, 0.6) is 0 Å². The Labute approximate surface area is 160 Å². The van der Waals surface area contributed by atoms with Gasteiger partial charge in [-0.2, -0.15) is 0 Å². The van der Waals surface area contributed by atoms with Crippen LogP contribution in [0.2, 0.25) is 0 Å². The fourth-order valence-electron chi connectivity index (χ4n) is 3.81. The highest BCUT2D eigenvalue weighted by atomic mass is 16.2. The van der Waals surface area contributed by atoms with Crippen LogP contribution in [-0.4, -0.2) is 57.9 Å². The van der Waals surface area contributed by atoms with E-state index in [0.717, 1.165) is 11.5 Å². The number of nitrogens with one attached hydrogen (secondary N) is 1. The minimum Gasteiger partial charge on any atom is -0.350 e. The molecule has 0 aromatic carbocycles. The van der Waals surface area contributed by atoms with Gasteiger partial charge in [-0.05, 0) is 33.8 Å². The van der Waals surface area contributed by atoms with Gasteiger partial charge in [0.25, 0.3) is 5.91 Å². The van der Waals surface area contributed by atoms with E-state index in [9.17, 15) is 9.59 Å². The zero-order valence-electron chi connectivity index (χ0n) is 16.4. The van der Waals surface area contributed by atoms with Crippen LogP contribution in [0.15, 0.2) is 24.9 Å². The van der Waals surface area contributed by atoms with Crippen LogP contribution in [-0.2, 0) is 16.0 Å². The van der Waals surface area contributed by atoms with Crippen LogP contribution < -0.4 is 10.2 Å². The number of fused-ring (bicyclic) bond motifs is 1. The van der Waals surface area contributed by atoms with Crippen molar-refractivity contribution in [2.45, 2.75) is 52.2 Å². The van der Waals surface area contributed by atoms with Crippen LogP contribution in [0.3, 0.4) is 0 Å². The molecule has 2 aliphatic rings. The average Bonchev–Trinajstić information content (AvgIpc) is 3.03. The van der Waals surface area contributed by atoms with Crippen LogP contribution in [0.4, 0.5) is 5.82 Å². The number of aromatic nitrogens is 2. The lowest BCUT2D eigenvalue weighted by molar-refractivity contribution is -0.127. The molecule has 2 heterocycles. The van der Waals surface area contributed by atoms with Gasteiger partial charge in [0.05, 0.1) is 23.2 Å². The van der Waals surface area contributed by atoms with Crippen molar-refractivity contribution in [3.8, 4) is 0 Å². The molecule has 1 aliphatic heterocycles. The third kappa shape index (κ3) is 3.72. The third-order valence-electron chi connectivity index (χ3n) is 4.92. The fourth-order valence-corrected chi connectivity index (χ4v) is 3.81. The number of anilines is 1. The molecule has 27 heavy (non-hydrogen) atoms. The zero-order chi connectivity index (χ0) is 19.7. The van der Waals surface area contributed by atoms with Gasteiger partial charge in [-0.15, -0.1) is 0 Å². The molecule has 0 unspecified atom stereocenters. The zero-order valence-corrected chi connectivity index (χ0v) is 16.4. The van der Waals surface area contributed by atoms with E-state index in [2.05, 4.69) is 35.6 Å². The maximum atomic E-state index is 12.5. The number of allylic oxidation sites excluding steroid dienone is 1. The summed E-state index contributed by atoms with van der Waals surface area (Å²) in [6, 6.07) is 0.237. The summed E-state index contributed by atoms with van der Waals surface area (Å²) in [5, 5.41) is 2.92. The Balaban J connectivity index is 1.85. The molecule has 0 spiro atoms. The van der Waals surface area contributed by atoms with E-state index in [1.54, 1.807) is 11.1 Å². The van der Waals surface area contributed by atoms with E-state index >= 15 is 0 Å². The number of carbonyl (C=O) groups is 2. The molecule has 1 aliphatic carbocycles. The van der Waals surface area contributed by atoms with Crippen LogP contribution >= 0.6 is 0 Å². The van der Waals surface area contributed by atoms with E-state index in [1.807, 2.05) is 19.9 Å². The molecule has 0 bridgehead atoms. The van der Waals surface area contributed by atoms with Gasteiger partial charge in [0.2, 0.25) is 5.91 Å². The van der Waals surface area contributed by atoms with Crippen molar-refractivity contribution in [2.24, 2.45) is 0 Å². The molecule has 0 saturated carbocycles. The molecule has 1 saturated heterocycles. The molecule has 0 radical (unpaired) electrons. The Hall–Kier alpha value is -2.70. The molecule has 1 N–H and O–H groups in total. The lowest BCUT2D eigenvalue weighted by atomic mass is 10.1. The van der Waals surface area contributed by atoms with Gasteiger partial charge < -0.3 is 15.1 Å². The maximum Gasteiger partial charge on any atom is 0.253 e. The second-order valence-corrected chi connectivity index (χ2v) is 7.53. The monoisotopic (exact) mass is 369 g/mol. The SMILES string of the molecule is C=CC(=O)N1C[C@@H](C)N(c2cnc3c(n2)C(C(=O)NC(C)C)=CC3)[C@@H](C)C1. The molecule has 2 atom stereocenters. The second-order valence-electron chi connectivity index (χ2n) is 7.53. The van der Waals surface area contributed by atoms with Crippen molar-refractivity contribution in [1.82, 2.24) is 20.2 Å². The Morgan fingerprint density at radius 1 is 1.30 bits per heavy atom. The molecular formula is C20H27N5O2. The topological polar surface area (TPSA) is 78.4 Å². The first kappa shape index (κ1) is 19.1. The predicted octanol–water partition coefficient (Wildman–Crippen LogP) is 1.55. The number of rotatable bonds is 4. The van der Waals surface area contributed by atoms with Gasteiger partial charge >= 0.3 is 0 Å². The summed E-state index contributed by atoms with van der Waals surface area (Å²) in [7, 11) is 0. The Kier molecular flexibility index (Phi) is 5.30. The largest absolute Gasteiger partial charge is 0.350 e. The summed E-state index contributed by atoms with van der Waals surface area (Å²) in [5.41, 5.74) is 2.08. The molecule has 1 aromatic rings. The molecule has 144 valence electrons. The van der Waals surface area contributed by atoms with E-state index in [1.165, 1.54) is 6.08 Å². The van der Waals surface area contributed by atoms with Gasteiger partial charge in [-0.25, -0.2) is 4.98 Å². The highest BCUT2D eigenvalue weighted by Gasteiger charge is 2.33. The van der Waals surface area contributed by atoms with Crippen molar-refractivity contribution < 1.29 is 9.59 Å². The van der Waals surface area contributed by atoms with Crippen LogP contribution in [0.1, 0.15) is 39.1 Å². The summed E-state index contributed by atoms with van der Waals surface area (Å²) in [6.07, 6.45) is 5.64. The Bertz CT molecular complexity index is 790. The lowest BCUT2D eigenvalue weighted by Crippen LogP contribution is -2.58. The second kappa shape index (κ2) is 7.50. The average molecular weight is 369 g/mol. The standard InChI is InChI=1S/C20H27N5O2/c1-6-18(26)24-10-13(4)25(14(5)11-24)17-9-21-16-8-7-15(19(16)23-17)20(27)22-12(2)3/h6-7,9,12-14H,1,8,10-11H2,2-5H3,(H,22,27)/t13-,14+. The number of nitrogens with zero attached hydrogens (tertiary/aromatic N) is 4. The van der Waals surface area contributed by atoms with Crippen molar-refractivity contribution in [1.29, 1.82) is 0 Å². The third-order valence-corrected chi connectivity index (χ3v) is 4.92. The molecule has 1 fully saturated rings. The van der Waals surface area contributed by atoms with E-state index < -0.39 is 0 Å². The molecule has 1 aromatic heterocycles. The summed E-state index contributed by atoms with van der Waals surface area (Å²) >= 11 is 0. The summed E-state index contributed by atoms with van der Waals surface area (Å²) in [4.78, 5) is 37.8. The molecule has 2 amide bonds. The fraction of sp³-hybridized carbons (Fsp3) is 0.500. The van der Waals surface area contributed by atoms with Gasteiger partial charge in [0.15, 0.2) is 0 Å². The first-order chi connectivity index (χ1) is 12.8. The van der Waals surface area contributed by atoms with Crippen molar-refractivity contribution in [3.05, 3.63) is 36.3 Å². The van der Waals surface area contributed by atoms with E-state index in [-0.39, 0.29) is 29.9 Å². The van der Waals surface area contributed by atoms with Gasteiger partial charge in [-0.3, -0.25) is 14.6 Å². The van der Waals surface area contributed by atoms with Gasteiger partial charge in [-0.1, -0.05) is 12.7 Å². The minimum atomic E-state index is -0.113. The normalized spacial score (nSPS) is 21.7. The van der Waals surface area contributed by atoms with Crippen molar-refractivity contribution in [3.63, 3.8) is 0 Å². The highest BCUT2D eigenvalue weighted by Crippen LogP contribution is 2.29. The summed E-state index contributed by atoms with van der Waals surface area (Å²) in [5.74, 6) is 0.575.